The fourth-order valence-electron chi connectivity index (χ4n) is 1.89. The van der Waals surface area contributed by atoms with Crippen molar-refractivity contribution in [3.05, 3.63) is 36.0 Å². The average Bonchev–Trinajstić information content (AvgIpc) is 2.86. The van der Waals surface area contributed by atoms with Crippen molar-refractivity contribution in [2.45, 2.75) is 32.4 Å². The van der Waals surface area contributed by atoms with Crippen LogP contribution in [0.5, 0.6) is 0 Å². The van der Waals surface area contributed by atoms with Crippen LogP contribution in [0.25, 0.3) is 11.3 Å². The van der Waals surface area contributed by atoms with Gasteiger partial charge in [0.05, 0.1) is 0 Å². The van der Waals surface area contributed by atoms with E-state index in [4.69, 9.17) is 5.11 Å². The molecular formula is C14H20N4O. The summed E-state index contributed by atoms with van der Waals surface area (Å²) in [4.78, 5) is 0. The second-order valence-corrected chi connectivity index (χ2v) is 5.20. The Hall–Kier alpha value is -1.72. The molecule has 1 aromatic heterocycles. The molecular weight excluding hydrogens is 240 g/mol. The zero-order chi connectivity index (χ0) is 13.7. The molecule has 0 amide bonds. The fourth-order valence-corrected chi connectivity index (χ4v) is 1.89. The van der Waals surface area contributed by atoms with Crippen LogP contribution in [-0.2, 0) is 6.54 Å². The van der Waals surface area contributed by atoms with Crippen LogP contribution in [0.1, 0.15) is 26.0 Å². The topological polar surface area (TPSA) is 73.8 Å². The molecule has 0 atom stereocenters. The predicted molar refractivity (Wildman–Crippen MR) is 74.4 cm³/mol. The van der Waals surface area contributed by atoms with Gasteiger partial charge in [0.25, 0.3) is 0 Å². The quantitative estimate of drug-likeness (QED) is 0.739. The summed E-state index contributed by atoms with van der Waals surface area (Å²) in [5, 5.41) is 23.5. The molecule has 5 heteroatoms. The van der Waals surface area contributed by atoms with Gasteiger partial charge in [0.15, 0.2) is 0 Å². The molecule has 0 aliphatic rings. The van der Waals surface area contributed by atoms with Gasteiger partial charge in [-0.2, -0.15) is 15.4 Å². The van der Waals surface area contributed by atoms with Crippen LogP contribution in [0.4, 0.5) is 0 Å². The molecule has 2 rings (SSSR count). The van der Waals surface area contributed by atoms with Crippen molar-refractivity contribution in [2.75, 3.05) is 6.61 Å². The number of hydrogen-bond donors (Lipinski definition) is 3. The fraction of sp³-hybridized carbons (Fsp3) is 0.429. The summed E-state index contributed by atoms with van der Waals surface area (Å²) in [6, 6.07) is 9.97. The van der Waals surface area contributed by atoms with Crippen molar-refractivity contribution in [3.8, 4) is 11.3 Å². The molecule has 0 spiro atoms. The second-order valence-electron chi connectivity index (χ2n) is 5.20. The van der Waals surface area contributed by atoms with Crippen LogP contribution in [0.2, 0.25) is 0 Å². The molecule has 0 unspecified atom stereocenters. The third-order valence-corrected chi connectivity index (χ3v) is 3.14. The molecule has 3 N–H and O–H groups in total. The Morgan fingerprint density at radius 1 is 1.21 bits per heavy atom. The third kappa shape index (κ3) is 3.62. The van der Waals surface area contributed by atoms with Gasteiger partial charge in [-0.15, -0.1) is 0 Å². The Balaban J connectivity index is 2.09. The van der Waals surface area contributed by atoms with E-state index < -0.39 is 0 Å². The minimum atomic E-state index is -0.123. The number of nitrogens with zero attached hydrogens (tertiary/aromatic N) is 2. The van der Waals surface area contributed by atoms with Crippen molar-refractivity contribution in [2.24, 2.45) is 0 Å². The van der Waals surface area contributed by atoms with E-state index in [1.165, 1.54) is 0 Å². The van der Waals surface area contributed by atoms with E-state index >= 15 is 0 Å². The lowest BCUT2D eigenvalue weighted by atomic mass is 10.0. The minimum absolute atomic E-state index is 0.123. The highest BCUT2D eigenvalue weighted by Gasteiger charge is 2.18. The van der Waals surface area contributed by atoms with Gasteiger partial charge in [0, 0.05) is 24.3 Å². The van der Waals surface area contributed by atoms with Gasteiger partial charge >= 0.3 is 0 Å². The molecule has 102 valence electrons. The number of rotatable bonds is 6. The number of aromatic nitrogens is 3. The summed E-state index contributed by atoms with van der Waals surface area (Å²) in [6.07, 6.45) is 0.700. The lowest BCUT2D eigenvalue weighted by Crippen LogP contribution is -2.39. The molecule has 2 aromatic rings. The van der Waals surface area contributed by atoms with E-state index in [-0.39, 0.29) is 12.1 Å². The molecule has 5 nitrogen and oxygen atoms in total. The first kappa shape index (κ1) is 13.7. The van der Waals surface area contributed by atoms with Crippen LogP contribution in [0.15, 0.2) is 30.3 Å². The maximum Gasteiger partial charge on any atom is 0.117 e. The van der Waals surface area contributed by atoms with Crippen molar-refractivity contribution in [1.82, 2.24) is 20.7 Å². The molecule has 0 saturated carbocycles. The van der Waals surface area contributed by atoms with Gasteiger partial charge < -0.3 is 10.4 Å². The van der Waals surface area contributed by atoms with Crippen molar-refractivity contribution >= 4 is 0 Å². The van der Waals surface area contributed by atoms with E-state index in [1.54, 1.807) is 0 Å². The SMILES string of the molecule is CC(C)(CCO)NCc1n[nH]nc1-c1ccccc1. The first-order valence-corrected chi connectivity index (χ1v) is 6.43. The Morgan fingerprint density at radius 3 is 2.63 bits per heavy atom. The summed E-state index contributed by atoms with van der Waals surface area (Å²) >= 11 is 0. The maximum atomic E-state index is 9.02. The van der Waals surface area contributed by atoms with Crippen LogP contribution in [0.3, 0.4) is 0 Å². The monoisotopic (exact) mass is 260 g/mol. The lowest BCUT2D eigenvalue weighted by Gasteiger charge is -2.25. The van der Waals surface area contributed by atoms with Crippen molar-refractivity contribution in [1.29, 1.82) is 0 Å². The predicted octanol–water partition coefficient (Wildman–Crippen LogP) is 1.72. The van der Waals surface area contributed by atoms with E-state index in [0.717, 1.165) is 17.0 Å². The van der Waals surface area contributed by atoms with Gasteiger partial charge in [-0.1, -0.05) is 30.3 Å². The first-order valence-electron chi connectivity index (χ1n) is 6.43. The number of aliphatic hydroxyl groups excluding tert-OH is 1. The molecule has 0 saturated heterocycles. The van der Waals surface area contributed by atoms with Crippen LogP contribution in [-0.4, -0.2) is 32.7 Å². The molecule has 0 aliphatic carbocycles. The molecule has 0 bridgehead atoms. The Bertz CT molecular complexity index is 507. The lowest BCUT2D eigenvalue weighted by molar-refractivity contribution is 0.229. The summed E-state index contributed by atoms with van der Waals surface area (Å²) in [6.45, 7) is 4.91. The standard InChI is InChI=1S/C14H20N4O/c1-14(2,8-9-19)15-10-12-13(17-18-16-12)11-6-4-3-5-7-11/h3-7,15,19H,8-10H2,1-2H3,(H,16,17,18). The van der Waals surface area contributed by atoms with E-state index in [9.17, 15) is 0 Å². The number of aliphatic hydroxyl groups is 1. The zero-order valence-electron chi connectivity index (χ0n) is 11.3. The highest BCUT2D eigenvalue weighted by Crippen LogP contribution is 2.19. The summed E-state index contributed by atoms with van der Waals surface area (Å²) in [5.41, 5.74) is 2.68. The van der Waals surface area contributed by atoms with E-state index in [2.05, 4.69) is 34.6 Å². The Morgan fingerprint density at radius 2 is 1.95 bits per heavy atom. The van der Waals surface area contributed by atoms with Crippen molar-refractivity contribution in [3.63, 3.8) is 0 Å². The van der Waals surface area contributed by atoms with Crippen LogP contribution < -0.4 is 5.32 Å². The third-order valence-electron chi connectivity index (χ3n) is 3.14. The van der Waals surface area contributed by atoms with Gasteiger partial charge in [0.2, 0.25) is 0 Å². The number of nitrogens with one attached hydrogen (secondary N) is 2. The minimum Gasteiger partial charge on any atom is -0.396 e. The zero-order valence-corrected chi connectivity index (χ0v) is 11.3. The molecule has 0 fully saturated rings. The normalized spacial score (nSPS) is 11.7. The number of aromatic amines is 1. The smallest absolute Gasteiger partial charge is 0.117 e. The van der Waals surface area contributed by atoms with E-state index in [0.29, 0.717) is 13.0 Å². The van der Waals surface area contributed by atoms with E-state index in [1.807, 2.05) is 30.3 Å². The highest BCUT2D eigenvalue weighted by atomic mass is 16.3. The number of H-pyrrole nitrogens is 1. The summed E-state index contributed by atoms with van der Waals surface area (Å²) in [5.74, 6) is 0. The van der Waals surface area contributed by atoms with Crippen LogP contribution in [0, 0.1) is 0 Å². The maximum absolute atomic E-state index is 9.02. The first-order chi connectivity index (χ1) is 9.12. The van der Waals surface area contributed by atoms with Gasteiger partial charge in [0.1, 0.15) is 11.4 Å². The summed E-state index contributed by atoms with van der Waals surface area (Å²) < 4.78 is 0. The Labute approximate surface area is 113 Å². The average molecular weight is 260 g/mol. The van der Waals surface area contributed by atoms with Crippen molar-refractivity contribution < 1.29 is 5.11 Å². The van der Waals surface area contributed by atoms with Gasteiger partial charge in [-0.05, 0) is 20.3 Å². The van der Waals surface area contributed by atoms with Crippen LogP contribution >= 0.6 is 0 Å². The molecule has 0 radical (unpaired) electrons. The van der Waals surface area contributed by atoms with Gasteiger partial charge in [-0.3, -0.25) is 0 Å². The molecule has 1 aromatic carbocycles. The van der Waals surface area contributed by atoms with Gasteiger partial charge in [-0.25, -0.2) is 0 Å². The number of benzene rings is 1. The summed E-state index contributed by atoms with van der Waals surface area (Å²) in [7, 11) is 0. The largest absolute Gasteiger partial charge is 0.396 e. The second kappa shape index (κ2) is 5.95. The number of hydrogen-bond acceptors (Lipinski definition) is 4. The Kier molecular flexibility index (Phi) is 4.29. The molecule has 19 heavy (non-hydrogen) atoms. The molecule has 1 heterocycles. The molecule has 0 aliphatic heterocycles. The highest BCUT2D eigenvalue weighted by molar-refractivity contribution is 5.60.